The van der Waals surface area contributed by atoms with E-state index in [-0.39, 0.29) is 17.9 Å². The van der Waals surface area contributed by atoms with E-state index in [2.05, 4.69) is 5.32 Å². The molecular formula is C14H20N2O5. The van der Waals surface area contributed by atoms with Crippen LogP contribution >= 0.6 is 0 Å². The van der Waals surface area contributed by atoms with Crippen molar-refractivity contribution >= 4 is 17.7 Å². The number of carbonyl (C=O) groups excluding carboxylic acids is 1. The van der Waals surface area contributed by atoms with Crippen molar-refractivity contribution in [2.24, 2.45) is 0 Å². The summed E-state index contributed by atoms with van der Waals surface area (Å²) in [5, 5.41) is 20.5. The zero-order valence-corrected chi connectivity index (χ0v) is 12.1. The van der Waals surface area contributed by atoms with Crippen LogP contribution in [0, 0.1) is 0 Å². The van der Waals surface area contributed by atoms with Gasteiger partial charge >= 0.3 is 12.0 Å². The fraction of sp³-hybridized carbons (Fsp3) is 0.429. The second-order valence-corrected chi connectivity index (χ2v) is 4.30. The van der Waals surface area contributed by atoms with E-state index in [1.54, 1.807) is 6.92 Å². The highest BCUT2D eigenvalue weighted by Crippen LogP contribution is 2.23. The van der Waals surface area contributed by atoms with E-state index in [9.17, 15) is 9.59 Å². The number of rotatable bonds is 7. The number of aromatic carboxylic acids is 1. The predicted molar refractivity (Wildman–Crippen MR) is 77.9 cm³/mol. The number of hydrogen-bond acceptors (Lipinski definition) is 4. The lowest BCUT2D eigenvalue weighted by molar-refractivity contribution is 0.0698. The van der Waals surface area contributed by atoms with Crippen LogP contribution in [0.2, 0.25) is 0 Å². The molecule has 0 aliphatic carbocycles. The molecule has 0 fully saturated rings. The van der Waals surface area contributed by atoms with Gasteiger partial charge in [0.2, 0.25) is 0 Å². The Bertz CT molecular complexity index is 504. The highest BCUT2D eigenvalue weighted by Gasteiger charge is 2.16. The predicted octanol–water partition coefficient (Wildman–Crippen LogP) is 1.63. The Balaban J connectivity index is 2.93. The third-order valence-electron chi connectivity index (χ3n) is 2.95. The second kappa shape index (κ2) is 8.11. The van der Waals surface area contributed by atoms with Gasteiger partial charge in [-0.05, 0) is 25.5 Å². The molecule has 21 heavy (non-hydrogen) atoms. The number of methoxy groups -OCH3 is 1. The summed E-state index contributed by atoms with van der Waals surface area (Å²) >= 11 is 0. The number of urea groups is 1. The standard InChI is InChI=1S/C14H20N2O5/c1-3-16(7-4-8-17)14(20)15-12-9-10(21-2)5-6-11(12)13(18)19/h5-6,9,17H,3-4,7-8H2,1-2H3,(H,15,20)(H,18,19). The molecular weight excluding hydrogens is 276 g/mol. The normalized spacial score (nSPS) is 10.0. The summed E-state index contributed by atoms with van der Waals surface area (Å²) in [6, 6.07) is 3.94. The number of carboxylic acids is 1. The van der Waals surface area contributed by atoms with Crippen LogP contribution in [-0.2, 0) is 0 Å². The van der Waals surface area contributed by atoms with Gasteiger partial charge in [-0.2, -0.15) is 0 Å². The molecule has 1 aromatic carbocycles. The molecule has 0 aliphatic heterocycles. The van der Waals surface area contributed by atoms with Crippen molar-refractivity contribution < 1.29 is 24.5 Å². The first-order chi connectivity index (χ1) is 10.0. The highest BCUT2D eigenvalue weighted by atomic mass is 16.5. The van der Waals surface area contributed by atoms with Gasteiger partial charge in [0.25, 0.3) is 0 Å². The monoisotopic (exact) mass is 296 g/mol. The smallest absolute Gasteiger partial charge is 0.337 e. The van der Waals surface area contributed by atoms with E-state index in [0.717, 1.165) is 0 Å². The maximum absolute atomic E-state index is 12.1. The molecule has 3 N–H and O–H groups in total. The average molecular weight is 296 g/mol. The van der Waals surface area contributed by atoms with Crippen molar-refractivity contribution in [3.8, 4) is 5.75 Å². The molecule has 1 rings (SSSR count). The van der Waals surface area contributed by atoms with Gasteiger partial charge in [-0.25, -0.2) is 9.59 Å². The van der Waals surface area contributed by atoms with E-state index < -0.39 is 12.0 Å². The van der Waals surface area contributed by atoms with Gasteiger partial charge in [-0.15, -0.1) is 0 Å². The summed E-state index contributed by atoms with van der Waals surface area (Å²) < 4.78 is 5.03. The first-order valence-corrected chi connectivity index (χ1v) is 6.61. The van der Waals surface area contributed by atoms with Gasteiger partial charge in [0.1, 0.15) is 5.75 Å². The summed E-state index contributed by atoms with van der Waals surface area (Å²) in [4.78, 5) is 24.8. The minimum absolute atomic E-state index is 0.0106. The Morgan fingerprint density at radius 1 is 1.38 bits per heavy atom. The van der Waals surface area contributed by atoms with Gasteiger partial charge in [0.05, 0.1) is 18.4 Å². The third-order valence-corrected chi connectivity index (χ3v) is 2.95. The van der Waals surface area contributed by atoms with Crippen molar-refractivity contribution in [1.82, 2.24) is 4.90 Å². The molecule has 7 nitrogen and oxygen atoms in total. The molecule has 0 saturated carbocycles. The number of nitrogens with one attached hydrogen (secondary N) is 1. The molecule has 0 atom stereocenters. The number of carbonyl (C=O) groups is 2. The Morgan fingerprint density at radius 3 is 2.62 bits per heavy atom. The first-order valence-electron chi connectivity index (χ1n) is 6.61. The number of benzene rings is 1. The number of aliphatic hydroxyl groups excluding tert-OH is 1. The summed E-state index contributed by atoms with van der Waals surface area (Å²) in [5.74, 6) is -0.680. The van der Waals surface area contributed by atoms with Crippen molar-refractivity contribution in [2.45, 2.75) is 13.3 Å². The van der Waals surface area contributed by atoms with Gasteiger partial charge in [-0.1, -0.05) is 0 Å². The molecule has 0 spiro atoms. The maximum Gasteiger partial charge on any atom is 0.337 e. The van der Waals surface area contributed by atoms with Crippen molar-refractivity contribution in [3.05, 3.63) is 23.8 Å². The van der Waals surface area contributed by atoms with Crippen LogP contribution in [0.3, 0.4) is 0 Å². The minimum Gasteiger partial charge on any atom is -0.497 e. The summed E-state index contributed by atoms with van der Waals surface area (Å²) in [6.45, 7) is 2.65. The van der Waals surface area contributed by atoms with Crippen LogP contribution in [0.15, 0.2) is 18.2 Å². The zero-order valence-electron chi connectivity index (χ0n) is 12.1. The van der Waals surface area contributed by atoms with Gasteiger partial charge in [-0.3, -0.25) is 0 Å². The van der Waals surface area contributed by atoms with Crippen LogP contribution in [0.25, 0.3) is 0 Å². The lowest BCUT2D eigenvalue weighted by Gasteiger charge is -2.21. The number of nitrogens with zero attached hydrogens (tertiary/aromatic N) is 1. The Morgan fingerprint density at radius 2 is 2.10 bits per heavy atom. The molecule has 0 radical (unpaired) electrons. The van der Waals surface area contributed by atoms with E-state index in [0.29, 0.717) is 25.3 Å². The Hall–Kier alpha value is -2.28. The quantitative estimate of drug-likeness (QED) is 0.710. The molecule has 0 saturated heterocycles. The van der Waals surface area contributed by atoms with Crippen molar-refractivity contribution in [3.63, 3.8) is 0 Å². The fourth-order valence-corrected chi connectivity index (χ4v) is 1.80. The topological polar surface area (TPSA) is 99.1 Å². The molecule has 116 valence electrons. The minimum atomic E-state index is -1.13. The van der Waals surface area contributed by atoms with E-state index in [4.69, 9.17) is 14.9 Å². The van der Waals surface area contributed by atoms with E-state index >= 15 is 0 Å². The molecule has 0 bridgehead atoms. The lowest BCUT2D eigenvalue weighted by atomic mass is 10.1. The number of hydrogen-bond donors (Lipinski definition) is 3. The lowest BCUT2D eigenvalue weighted by Crippen LogP contribution is -2.36. The number of ether oxygens (including phenoxy) is 1. The fourth-order valence-electron chi connectivity index (χ4n) is 1.80. The molecule has 1 aromatic rings. The molecule has 2 amide bonds. The second-order valence-electron chi connectivity index (χ2n) is 4.30. The molecule has 0 unspecified atom stereocenters. The molecule has 0 aliphatic rings. The number of anilines is 1. The number of aliphatic hydroxyl groups is 1. The summed E-state index contributed by atoms with van der Waals surface area (Å²) in [6.07, 6.45) is 0.463. The molecule has 7 heteroatoms. The number of carboxylic acid groups (broad SMARTS) is 1. The van der Waals surface area contributed by atoms with Gasteiger partial charge in [0.15, 0.2) is 0 Å². The number of amides is 2. The van der Waals surface area contributed by atoms with Gasteiger partial charge < -0.3 is 25.2 Å². The third kappa shape index (κ3) is 4.64. The largest absolute Gasteiger partial charge is 0.497 e. The van der Waals surface area contributed by atoms with Crippen molar-refractivity contribution in [2.75, 3.05) is 32.1 Å². The Labute approximate surface area is 123 Å². The van der Waals surface area contributed by atoms with Crippen molar-refractivity contribution in [1.29, 1.82) is 0 Å². The highest BCUT2D eigenvalue weighted by molar-refractivity contribution is 6.00. The Kier molecular flexibility index (Phi) is 6.48. The van der Waals surface area contributed by atoms with Crippen LogP contribution in [0.1, 0.15) is 23.7 Å². The zero-order chi connectivity index (χ0) is 15.8. The molecule has 0 heterocycles. The van der Waals surface area contributed by atoms with Crippen LogP contribution in [-0.4, -0.2) is 53.9 Å². The summed E-state index contributed by atoms with van der Waals surface area (Å²) in [5.41, 5.74) is 0.164. The SMILES string of the molecule is CCN(CCCO)C(=O)Nc1cc(OC)ccc1C(=O)O. The summed E-state index contributed by atoms with van der Waals surface area (Å²) in [7, 11) is 1.46. The van der Waals surface area contributed by atoms with Crippen LogP contribution in [0.5, 0.6) is 5.75 Å². The van der Waals surface area contributed by atoms with E-state index in [1.807, 2.05) is 0 Å². The van der Waals surface area contributed by atoms with Crippen LogP contribution in [0.4, 0.5) is 10.5 Å². The average Bonchev–Trinajstić information content (AvgIpc) is 2.47. The first kappa shape index (κ1) is 16.8. The van der Waals surface area contributed by atoms with Gasteiger partial charge in [0, 0.05) is 25.8 Å². The van der Waals surface area contributed by atoms with Crippen LogP contribution < -0.4 is 10.1 Å². The molecule has 0 aromatic heterocycles. The van der Waals surface area contributed by atoms with E-state index in [1.165, 1.54) is 30.2 Å². The maximum atomic E-state index is 12.1.